The summed E-state index contributed by atoms with van der Waals surface area (Å²) in [5, 5.41) is 7.55. The molecule has 0 saturated carbocycles. The number of aryl methyl sites for hydroxylation is 2. The van der Waals surface area contributed by atoms with Crippen LogP contribution < -0.4 is 0 Å². The van der Waals surface area contributed by atoms with E-state index < -0.39 is 0 Å². The van der Waals surface area contributed by atoms with Gasteiger partial charge in [0.2, 0.25) is 5.91 Å². The summed E-state index contributed by atoms with van der Waals surface area (Å²) in [6, 6.07) is 4.41. The number of H-pyrrole nitrogens is 1. The largest absolute Gasteiger partial charge is 0.375 e. The molecular formula is C19H27N5O2S. The Morgan fingerprint density at radius 3 is 2.93 bits per heavy atom. The Morgan fingerprint density at radius 2 is 2.26 bits per heavy atom. The summed E-state index contributed by atoms with van der Waals surface area (Å²) in [6.07, 6.45) is 0.893. The fraction of sp³-hybridized carbons (Fsp3) is 0.632. The van der Waals surface area contributed by atoms with Gasteiger partial charge >= 0.3 is 0 Å². The molecule has 2 atom stereocenters. The molecule has 7 nitrogen and oxygen atoms in total. The number of carbonyl (C=O) groups excluding carboxylic acids is 1. The van der Waals surface area contributed by atoms with E-state index in [0.29, 0.717) is 5.92 Å². The molecule has 2 aliphatic heterocycles. The first-order chi connectivity index (χ1) is 13.0. The number of hydrogen-bond acceptors (Lipinski definition) is 6. The lowest BCUT2D eigenvalue weighted by Gasteiger charge is -2.41. The third kappa shape index (κ3) is 3.53. The van der Waals surface area contributed by atoms with Crippen LogP contribution in [0.1, 0.15) is 27.8 Å². The number of likely N-dealkylation sites (tertiary alicyclic amines) is 2. The molecule has 0 radical (unpaired) electrons. The maximum absolute atomic E-state index is 12.4. The van der Waals surface area contributed by atoms with E-state index in [-0.39, 0.29) is 17.9 Å². The first-order valence-corrected chi connectivity index (χ1v) is 10.3. The molecule has 4 rings (SSSR count). The number of carbonyl (C=O) groups is 1. The lowest BCUT2D eigenvalue weighted by atomic mass is 9.72. The van der Waals surface area contributed by atoms with Gasteiger partial charge in [0, 0.05) is 55.5 Å². The standard InChI is InChI=1S/C19H27N5O2S/c1-13-4-5-16(27-13)10-23-8-15-9-24(17(25)11-26-3)7-6-19(15,12-23)18-20-14(2)21-22-18/h4-5,15H,6-12H2,1-3H3,(H,20,21,22)/t15-,19+/m0/s1. The van der Waals surface area contributed by atoms with Gasteiger partial charge in [-0.1, -0.05) is 0 Å². The molecule has 0 bridgehead atoms. The van der Waals surface area contributed by atoms with Gasteiger partial charge in [0.25, 0.3) is 0 Å². The summed E-state index contributed by atoms with van der Waals surface area (Å²) < 4.78 is 5.05. The third-order valence-electron chi connectivity index (χ3n) is 5.87. The Balaban J connectivity index is 1.57. The van der Waals surface area contributed by atoms with Crippen molar-refractivity contribution in [1.82, 2.24) is 25.0 Å². The summed E-state index contributed by atoms with van der Waals surface area (Å²) in [5.41, 5.74) is -0.0824. The molecule has 0 spiro atoms. The molecule has 4 heterocycles. The SMILES string of the molecule is COCC(=O)N1CC[C@@]2(c3n[nH]c(C)n3)CN(Cc3ccc(C)s3)C[C@H]2C1. The van der Waals surface area contributed by atoms with Crippen molar-refractivity contribution in [2.24, 2.45) is 5.92 Å². The highest BCUT2D eigenvalue weighted by molar-refractivity contribution is 7.11. The number of amides is 1. The first kappa shape index (κ1) is 18.6. The zero-order chi connectivity index (χ0) is 19.0. The Bertz CT molecular complexity index is 819. The quantitative estimate of drug-likeness (QED) is 0.843. The maximum Gasteiger partial charge on any atom is 0.248 e. The third-order valence-corrected chi connectivity index (χ3v) is 6.86. The molecule has 0 aromatic carbocycles. The number of piperidine rings is 1. The minimum atomic E-state index is -0.0824. The maximum atomic E-state index is 12.4. The molecule has 146 valence electrons. The zero-order valence-corrected chi connectivity index (χ0v) is 17.0. The van der Waals surface area contributed by atoms with Gasteiger partial charge < -0.3 is 9.64 Å². The van der Waals surface area contributed by atoms with Crippen LogP contribution in [0.25, 0.3) is 0 Å². The average Bonchev–Trinajstić information content (AvgIpc) is 3.33. The normalized spacial score (nSPS) is 25.7. The van der Waals surface area contributed by atoms with Crippen LogP contribution in [0.15, 0.2) is 12.1 Å². The highest BCUT2D eigenvalue weighted by Gasteiger charge is 2.53. The molecule has 2 fully saturated rings. The van der Waals surface area contributed by atoms with E-state index >= 15 is 0 Å². The van der Waals surface area contributed by atoms with Crippen LogP contribution in [0.4, 0.5) is 0 Å². The second kappa shape index (κ2) is 7.33. The van der Waals surface area contributed by atoms with Crippen molar-refractivity contribution in [3.8, 4) is 0 Å². The van der Waals surface area contributed by atoms with Crippen LogP contribution in [0, 0.1) is 19.8 Å². The van der Waals surface area contributed by atoms with Crippen LogP contribution in [0.5, 0.6) is 0 Å². The lowest BCUT2D eigenvalue weighted by molar-refractivity contribution is -0.137. The fourth-order valence-corrected chi connectivity index (χ4v) is 5.50. The molecule has 1 amide bonds. The topological polar surface area (TPSA) is 74.3 Å². The first-order valence-electron chi connectivity index (χ1n) is 9.44. The van der Waals surface area contributed by atoms with Crippen molar-refractivity contribution in [2.45, 2.75) is 32.2 Å². The Labute approximate surface area is 163 Å². The predicted octanol–water partition coefficient (Wildman–Crippen LogP) is 1.73. The smallest absolute Gasteiger partial charge is 0.248 e. The van der Waals surface area contributed by atoms with E-state index in [0.717, 1.165) is 50.8 Å². The average molecular weight is 390 g/mol. The van der Waals surface area contributed by atoms with Crippen molar-refractivity contribution in [3.63, 3.8) is 0 Å². The predicted molar refractivity (Wildman–Crippen MR) is 104 cm³/mol. The number of rotatable bonds is 5. The Kier molecular flexibility index (Phi) is 5.05. The van der Waals surface area contributed by atoms with Crippen molar-refractivity contribution in [3.05, 3.63) is 33.5 Å². The summed E-state index contributed by atoms with van der Waals surface area (Å²) in [4.78, 5) is 24.2. The minimum Gasteiger partial charge on any atom is -0.375 e. The van der Waals surface area contributed by atoms with E-state index in [9.17, 15) is 4.79 Å². The van der Waals surface area contributed by atoms with Crippen molar-refractivity contribution < 1.29 is 9.53 Å². The van der Waals surface area contributed by atoms with Crippen LogP contribution in [-0.2, 0) is 21.5 Å². The number of fused-ring (bicyclic) bond motifs is 1. The molecule has 8 heteroatoms. The van der Waals surface area contributed by atoms with E-state index in [1.807, 2.05) is 23.2 Å². The lowest BCUT2D eigenvalue weighted by Crippen LogP contribution is -2.52. The number of hydrogen-bond donors (Lipinski definition) is 1. The van der Waals surface area contributed by atoms with Gasteiger partial charge in [-0.05, 0) is 32.4 Å². The molecular weight excluding hydrogens is 362 g/mol. The monoisotopic (exact) mass is 389 g/mol. The number of nitrogens with zero attached hydrogens (tertiary/aromatic N) is 4. The summed E-state index contributed by atoms with van der Waals surface area (Å²) in [5.74, 6) is 2.17. The number of aromatic amines is 1. The molecule has 2 aliphatic rings. The van der Waals surface area contributed by atoms with Gasteiger partial charge in [0.05, 0.1) is 5.41 Å². The van der Waals surface area contributed by atoms with Gasteiger partial charge in [-0.15, -0.1) is 11.3 Å². The van der Waals surface area contributed by atoms with Gasteiger partial charge in [0.1, 0.15) is 12.4 Å². The van der Waals surface area contributed by atoms with Crippen LogP contribution in [0.3, 0.4) is 0 Å². The molecule has 27 heavy (non-hydrogen) atoms. The molecule has 2 aromatic rings. The van der Waals surface area contributed by atoms with Crippen molar-refractivity contribution in [2.75, 3.05) is 39.9 Å². The molecule has 1 N–H and O–H groups in total. The molecule has 0 aliphatic carbocycles. The number of ether oxygens (including phenoxy) is 1. The summed E-state index contributed by atoms with van der Waals surface area (Å²) >= 11 is 1.86. The molecule has 0 unspecified atom stereocenters. The highest BCUT2D eigenvalue weighted by Crippen LogP contribution is 2.44. The fourth-order valence-electron chi connectivity index (χ4n) is 4.57. The van der Waals surface area contributed by atoms with Gasteiger partial charge in [-0.25, -0.2) is 4.98 Å². The summed E-state index contributed by atoms with van der Waals surface area (Å²) in [7, 11) is 1.57. The second-order valence-corrected chi connectivity index (χ2v) is 9.17. The molecule has 2 saturated heterocycles. The van der Waals surface area contributed by atoms with E-state index in [4.69, 9.17) is 9.72 Å². The zero-order valence-electron chi connectivity index (χ0n) is 16.2. The second-order valence-electron chi connectivity index (χ2n) is 7.80. The van der Waals surface area contributed by atoms with Crippen LogP contribution in [-0.4, -0.2) is 70.8 Å². The van der Waals surface area contributed by atoms with Crippen molar-refractivity contribution >= 4 is 17.2 Å². The number of aromatic nitrogens is 3. The number of thiophene rings is 1. The van der Waals surface area contributed by atoms with E-state index in [1.54, 1.807) is 7.11 Å². The minimum absolute atomic E-state index is 0.0737. The van der Waals surface area contributed by atoms with Gasteiger partial charge in [0.15, 0.2) is 5.82 Å². The van der Waals surface area contributed by atoms with Gasteiger partial charge in [-0.2, -0.15) is 5.10 Å². The number of nitrogens with one attached hydrogen (secondary N) is 1. The highest BCUT2D eigenvalue weighted by atomic mass is 32.1. The summed E-state index contributed by atoms with van der Waals surface area (Å²) in [6.45, 7) is 8.58. The molecule has 2 aromatic heterocycles. The van der Waals surface area contributed by atoms with Crippen LogP contribution in [0.2, 0.25) is 0 Å². The Hall–Kier alpha value is -1.77. The van der Waals surface area contributed by atoms with E-state index in [1.165, 1.54) is 9.75 Å². The van der Waals surface area contributed by atoms with Crippen molar-refractivity contribution in [1.29, 1.82) is 0 Å². The van der Waals surface area contributed by atoms with E-state index in [2.05, 4.69) is 34.2 Å². The van der Waals surface area contributed by atoms with Gasteiger partial charge in [-0.3, -0.25) is 14.8 Å². The number of methoxy groups -OCH3 is 1. The Morgan fingerprint density at radius 1 is 1.41 bits per heavy atom. The van der Waals surface area contributed by atoms with Crippen LogP contribution >= 0.6 is 11.3 Å².